The van der Waals surface area contributed by atoms with Crippen LogP contribution in [0, 0.1) is 0 Å². The molecule has 4 rings (SSSR count). The highest BCUT2D eigenvalue weighted by molar-refractivity contribution is 5.94. The van der Waals surface area contributed by atoms with Crippen LogP contribution in [0.2, 0.25) is 0 Å². The minimum Gasteiger partial charge on any atom is -0.389 e. The number of fused-ring (bicyclic) bond motifs is 1. The number of aryl methyl sites for hydroxylation is 2. The van der Waals surface area contributed by atoms with Crippen LogP contribution in [-0.2, 0) is 17.6 Å². The number of morpholine rings is 1. The lowest BCUT2D eigenvalue weighted by molar-refractivity contribution is -0.0613. The van der Waals surface area contributed by atoms with E-state index >= 15 is 0 Å². The van der Waals surface area contributed by atoms with Crippen LogP contribution in [0.1, 0.15) is 47.2 Å². The first kappa shape index (κ1) is 18.0. The molecule has 5 heteroatoms. The summed E-state index contributed by atoms with van der Waals surface area (Å²) < 4.78 is 5.44. The summed E-state index contributed by atoms with van der Waals surface area (Å²) in [7, 11) is 1.85. The van der Waals surface area contributed by atoms with Crippen LogP contribution in [0.5, 0.6) is 0 Å². The Hall–Kier alpha value is -1.43. The lowest BCUT2D eigenvalue weighted by Gasteiger charge is -2.45. The molecular weight excluding hydrogens is 328 g/mol. The summed E-state index contributed by atoms with van der Waals surface area (Å²) in [5, 5.41) is 11.0. The van der Waals surface area contributed by atoms with Crippen molar-refractivity contribution in [2.24, 2.45) is 0 Å². The van der Waals surface area contributed by atoms with Gasteiger partial charge in [-0.15, -0.1) is 0 Å². The largest absolute Gasteiger partial charge is 0.389 e. The molecule has 26 heavy (non-hydrogen) atoms. The van der Waals surface area contributed by atoms with E-state index < -0.39 is 6.10 Å². The van der Waals surface area contributed by atoms with Gasteiger partial charge in [0.1, 0.15) is 0 Å². The number of likely N-dealkylation sites (N-methyl/N-ethyl adjacent to an activating group) is 1. The van der Waals surface area contributed by atoms with Crippen LogP contribution in [0.25, 0.3) is 0 Å². The third-order valence-electron chi connectivity index (χ3n) is 6.47. The van der Waals surface area contributed by atoms with E-state index in [1.54, 1.807) is 4.90 Å². The average molecular weight is 358 g/mol. The number of carbonyl (C=O) groups excluding carboxylic acids is 1. The molecule has 1 aromatic rings. The number of aliphatic hydroxyl groups excluding tert-OH is 1. The summed E-state index contributed by atoms with van der Waals surface area (Å²) in [4.78, 5) is 17.2. The van der Waals surface area contributed by atoms with Crippen molar-refractivity contribution in [1.82, 2.24) is 9.80 Å². The second kappa shape index (κ2) is 7.67. The first-order valence-electron chi connectivity index (χ1n) is 10.0. The van der Waals surface area contributed by atoms with Crippen molar-refractivity contribution < 1.29 is 14.6 Å². The number of amides is 1. The molecule has 0 unspecified atom stereocenters. The molecule has 1 aliphatic heterocycles. The standard InChI is InChI=1S/C21H30N2O3/c1-22(21(25)17-9-8-15-4-2-5-16(15)14-17)18-6-3-7-19(20(18)24)23-10-12-26-13-11-23/h8-9,14,18-20,24H,2-7,10-13H2,1H3/t18-,19-,20-/m1/s1. The van der Waals surface area contributed by atoms with Crippen molar-refractivity contribution in [1.29, 1.82) is 0 Å². The van der Waals surface area contributed by atoms with Crippen molar-refractivity contribution in [3.8, 4) is 0 Å². The zero-order valence-electron chi connectivity index (χ0n) is 15.7. The number of hydrogen-bond donors (Lipinski definition) is 1. The quantitative estimate of drug-likeness (QED) is 0.896. The Balaban J connectivity index is 1.47. The number of hydrogen-bond acceptors (Lipinski definition) is 4. The summed E-state index contributed by atoms with van der Waals surface area (Å²) in [6.07, 6.45) is 5.81. The van der Waals surface area contributed by atoms with Gasteiger partial charge >= 0.3 is 0 Å². The van der Waals surface area contributed by atoms with Gasteiger partial charge in [-0.3, -0.25) is 9.69 Å². The third-order valence-corrected chi connectivity index (χ3v) is 6.47. The van der Waals surface area contributed by atoms with Crippen LogP contribution in [0.4, 0.5) is 0 Å². The van der Waals surface area contributed by atoms with Gasteiger partial charge in [-0.25, -0.2) is 0 Å². The summed E-state index contributed by atoms with van der Waals surface area (Å²) in [6, 6.07) is 6.15. The van der Waals surface area contributed by atoms with Crippen molar-refractivity contribution in [3.63, 3.8) is 0 Å². The summed E-state index contributed by atoms with van der Waals surface area (Å²) in [6.45, 7) is 3.21. The molecule has 3 atom stereocenters. The molecule has 0 spiro atoms. The van der Waals surface area contributed by atoms with Gasteiger partial charge in [0.05, 0.1) is 25.4 Å². The van der Waals surface area contributed by atoms with Gasteiger partial charge < -0.3 is 14.7 Å². The van der Waals surface area contributed by atoms with E-state index in [0.717, 1.165) is 64.0 Å². The normalized spacial score (nSPS) is 29.4. The number of ether oxygens (including phenoxy) is 1. The van der Waals surface area contributed by atoms with E-state index in [-0.39, 0.29) is 18.0 Å². The maximum Gasteiger partial charge on any atom is 0.253 e. The van der Waals surface area contributed by atoms with E-state index in [1.165, 1.54) is 17.5 Å². The highest BCUT2D eigenvalue weighted by Crippen LogP contribution is 2.29. The van der Waals surface area contributed by atoms with Crippen molar-refractivity contribution in [2.75, 3.05) is 33.4 Å². The van der Waals surface area contributed by atoms with E-state index in [0.29, 0.717) is 0 Å². The van der Waals surface area contributed by atoms with Gasteiger partial charge in [0, 0.05) is 31.7 Å². The van der Waals surface area contributed by atoms with Gasteiger partial charge in [-0.05, 0) is 61.8 Å². The minimum atomic E-state index is -0.495. The number of carbonyl (C=O) groups is 1. The lowest BCUT2D eigenvalue weighted by atomic mass is 9.85. The van der Waals surface area contributed by atoms with Gasteiger partial charge in [0.25, 0.3) is 5.91 Å². The second-order valence-corrected chi connectivity index (χ2v) is 7.96. The van der Waals surface area contributed by atoms with Gasteiger partial charge in [-0.1, -0.05) is 6.07 Å². The first-order valence-corrected chi connectivity index (χ1v) is 10.0. The first-order chi connectivity index (χ1) is 12.6. The Morgan fingerprint density at radius 2 is 1.92 bits per heavy atom. The number of nitrogens with zero attached hydrogens (tertiary/aromatic N) is 2. The van der Waals surface area contributed by atoms with Crippen LogP contribution in [0.3, 0.4) is 0 Å². The fourth-order valence-electron chi connectivity index (χ4n) is 4.92. The molecule has 5 nitrogen and oxygen atoms in total. The predicted molar refractivity (Wildman–Crippen MR) is 100 cm³/mol. The van der Waals surface area contributed by atoms with Gasteiger partial charge in [0.15, 0.2) is 0 Å². The Morgan fingerprint density at radius 1 is 1.15 bits per heavy atom. The Kier molecular flexibility index (Phi) is 5.30. The average Bonchev–Trinajstić information content (AvgIpc) is 3.15. The summed E-state index contributed by atoms with van der Waals surface area (Å²) in [5.41, 5.74) is 3.46. The molecule has 3 aliphatic rings. The topological polar surface area (TPSA) is 53.0 Å². The van der Waals surface area contributed by atoms with Crippen molar-refractivity contribution in [2.45, 2.75) is 56.7 Å². The van der Waals surface area contributed by atoms with Gasteiger partial charge in [0.2, 0.25) is 0 Å². The zero-order chi connectivity index (χ0) is 18.1. The molecule has 1 N–H and O–H groups in total. The molecule has 1 heterocycles. The molecule has 0 aromatic heterocycles. The summed E-state index contributed by atoms with van der Waals surface area (Å²) in [5.74, 6) is 0.0337. The molecular formula is C21H30N2O3. The van der Waals surface area contributed by atoms with E-state index in [2.05, 4.69) is 17.0 Å². The molecule has 0 radical (unpaired) electrons. The van der Waals surface area contributed by atoms with Gasteiger partial charge in [-0.2, -0.15) is 0 Å². The lowest BCUT2D eigenvalue weighted by Crippen LogP contribution is -2.58. The highest BCUT2D eigenvalue weighted by atomic mass is 16.5. The summed E-state index contributed by atoms with van der Waals surface area (Å²) >= 11 is 0. The SMILES string of the molecule is CN(C(=O)c1ccc2c(c1)CCC2)[C@@H]1CCC[C@@H](N2CCOCC2)[C@@H]1O. The third kappa shape index (κ3) is 3.40. The number of aliphatic hydroxyl groups is 1. The molecule has 0 bridgehead atoms. The zero-order valence-corrected chi connectivity index (χ0v) is 15.7. The molecule has 2 fully saturated rings. The number of rotatable bonds is 3. The fourth-order valence-corrected chi connectivity index (χ4v) is 4.92. The maximum atomic E-state index is 13.1. The van der Waals surface area contributed by atoms with E-state index in [9.17, 15) is 9.90 Å². The van der Waals surface area contributed by atoms with Crippen molar-refractivity contribution >= 4 is 5.91 Å². The maximum absolute atomic E-state index is 13.1. The van der Waals surface area contributed by atoms with Crippen molar-refractivity contribution in [3.05, 3.63) is 34.9 Å². The van der Waals surface area contributed by atoms with E-state index in [1.807, 2.05) is 13.1 Å². The molecule has 1 amide bonds. The Labute approximate surface area is 155 Å². The van der Waals surface area contributed by atoms with Crippen LogP contribution in [-0.4, -0.2) is 72.4 Å². The molecule has 142 valence electrons. The smallest absolute Gasteiger partial charge is 0.253 e. The molecule has 1 aromatic carbocycles. The minimum absolute atomic E-state index is 0.0337. The Morgan fingerprint density at radius 3 is 2.73 bits per heavy atom. The second-order valence-electron chi connectivity index (χ2n) is 7.96. The monoisotopic (exact) mass is 358 g/mol. The fraction of sp³-hybridized carbons (Fsp3) is 0.667. The molecule has 1 saturated carbocycles. The number of benzene rings is 1. The van der Waals surface area contributed by atoms with Crippen LogP contribution in [0.15, 0.2) is 18.2 Å². The van der Waals surface area contributed by atoms with Crippen LogP contribution < -0.4 is 0 Å². The van der Waals surface area contributed by atoms with E-state index in [4.69, 9.17) is 4.74 Å². The van der Waals surface area contributed by atoms with Crippen LogP contribution >= 0.6 is 0 Å². The highest BCUT2D eigenvalue weighted by Gasteiger charge is 2.39. The Bertz CT molecular complexity index is 657. The molecule has 2 aliphatic carbocycles. The molecule has 1 saturated heterocycles. The predicted octanol–water partition coefficient (Wildman–Crippen LogP) is 1.86.